The van der Waals surface area contributed by atoms with Crippen LogP contribution in [0.1, 0.15) is 17.2 Å². The van der Waals surface area contributed by atoms with E-state index in [1.165, 1.54) is 26.1 Å². The number of hydrogen-bond acceptors (Lipinski definition) is 4. The molecular weight excluding hydrogens is 315 g/mol. The SMILES string of the molecule is Cc1cc(C(NC(=O)CN(C)S(C)(=O)=O)C(=O)O)ccc1F. The fourth-order valence-corrected chi connectivity index (χ4v) is 2.01. The van der Waals surface area contributed by atoms with Crippen LogP contribution in [0, 0.1) is 12.7 Å². The maximum absolute atomic E-state index is 13.2. The van der Waals surface area contributed by atoms with Crippen LogP contribution in [0.4, 0.5) is 4.39 Å². The number of rotatable bonds is 6. The summed E-state index contributed by atoms with van der Waals surface area (Å²) in [6, 6.07) is 2.28. The molecule has 0 bridgehead atoms. The number of benzene rings is 1. The number of carboxylic acid groups (broad SMARTS) is 1. The van der Waals surface area contributed by atoms with Gasteiger partial charge in [0.25, 0.3) is 0 Å². The van der Waals surface area contributed by atoms with Crippen LogP contribution >= 0.6 is 0 Å². The molecule has 0 aliphatic rings. The van der Waals surface area contributed by atoms with Crippen molar-refractivity contribution < 1.29 is 27.5 Å². The van der Waals surface area contributed by atoms with Crippen molar-refractivity contribution in [1.82, 2.24) is 9.62 Å². The minimum Gasteiger partial charge on any atom is -0.479 e. The first kappa shape index (κ1) is 18.1. The Morgan fingerprint density at radius 1 is 1.41 bits per heavy atom. The van der Waals surface area contributed by atoms with Crippen LogP contribution in [0.2, 0.25) is 0 Å². The summed E-state index contributed by atoms with van der Waals surface area (Å²) in [5.74, 6) is -2.60. The molecule has 0 saturated heterocycles. The number of sulfonamides is 1. The van der Waals surface area contributed by atoms with Crippen molar-refractivity contribution in [2.45, 2.75) is 13.0 Å². The fourth-order valence-electron chi connectivity index (χ4n) is 1.66. The molecular formula is C13H17FN2O5S. The number of hydrogen-bond donors (Lipinski definition) is 2. The lowest BCUT2D eigenvalue weighted by atomic mass is 10.0. The molecule has 1 aromatic carbocycles. The molecule has 0 radical (unpaired) electrons. The Bertz CT molecular complexity index is 690. The second kappa shape index (κ2) is 6.84. The first-order chi connectivity index (χ1) is 10.0. The van der Waals surface area contributed by atoms with Gasteiger partial charge in [0.1, 0.15) is 5.82 Å². The van der Waals surface area contributed by atoms with Gasteiger partial charge in [-0.05, 0) is 24.1 Å². The summed E-state index contributed by atoms with van der Waals surface area (Å²) in [6.07, 6.45) is 0.929. The summed E-state index contributed by atoms with van der Waals surface area (Å²) in [6.45, 7) is 0.958. The van der Waals surface area contributed by atoms with Crippen LogP contribution in [0.25, 0.3) is 0 Å². The zero-order valence-electron chi connectivity index (χ0n) is 12.3. The molecule has 0 spiro atoms. The van der Waals surface area contributed by atoms with Crippen molar-refractivity contribution in [3.05, 3.63) is 35.1 Å². The highest BCUT2D eigenvalue weighted by molar-refractivity contribution is 7.88. The molecule has 0 aliphatic carbocycles. The third kappa shape index (κ3) is 4.78. The lowest BCUT2D eigenvalue weighted by Gasteiger charge is -2.18. The average Bonchev–Trinajstić information content (AvgIpc) is 2.38. The summed E-state index contributed by atoms with van der Waals surface area (Å²) in [7, 11) is -2.35. The highest BCUT2D eigenvalue weighted by Gasteiger charge is 2.24. The second-order valence-electron chi connectivity index (χ2n) is 4.87. The molecule has 1 rings (SSSR count). The lowest BCUT2D eigenvalue weighted by molar-refractivity contribution is -0.142. The number of carboxylic acids is 1. The van der Waals surface area contributed by atoms with E-state index in [1.807, 2.05) is 0 Å². The predicted molar refractivity (Wildman–Crippen MR) is 77.1 cm³/mol. The maximum Gasteiger partial charge on any atom is 0.330 e. The Morgan fingerprint density at radius 2 is 2.00 bits per heavy atom. The molecule has 0 saturated carbocycles. The van der Waals surface area contributed by atoms with Crippen molar-refractivity contribution in [3.8, 4) is 0 Å². The molecule has 7 nitrogen and oxygen atoms in total. The second-order valence-corrected chi connectivity index (χ2v) is 6.96. The molecule has 122 valence electrons. The van der Waals surface area contributed by atoms with Gasteiger partial charge in [-0.2, -0.15) is 4.31 Å². The highest BCUT2D eigenvalue weighted by Crippen LogP contribution is 2.17. The van der Waals surface area contributed by atoms with Crippen LogP contribution in [-0.2, 0) is 19.6 Å². The summed E-state index contributed by atoms with van der Waals surface area (Å²) in [5.41, 5.74) is 0.438. The van der Waals surface area contributed by atoms with Gasteiger partial charge in [-0.25, -0.2) is 17.6 Å². The minimum atomic E-state index is -3.56. The van der Waals surface area contributed by atoms with Crippen LogP contribution in [0.3, 0.4) is 0 Å². The number of halogens is 1. The highest BCUT2D eigenvalue weighted by atomic mass is 32.2. The number of carbonyl (C=O) groups is 2. The van der Waals surface area contributed by atoms with Gasteiger partial charge < -0.3 is 10.4 Å². The molecule has 0 heterocycles. The number of nitrogens with zero attached hydrogens (tertiary/aromatic N) is 1. The van der Waals surface area contributed by atoms with Gasteiger partial charge in [0, 0.05) is 7.05 Å². The van der Waals surface area contributed by atoms with E-state index in [-0.39, 0.29) is 11.1 Å². The lowest BCUT2D eigenvalue weighted by Crippen LogP contribution is -2.41. The first-order valence-corrected chi connectivity index (χ1v) is 8.06. The Balaban J connectivity index is 2.91. The molecule has 22 heavy (non-hydrogen) atoms. The number of aryl methyl sites for hydroxylation is 1. The standard InChI is InChI=1S/C13H17FN2O5S/c1-8-6-9(4-5-10(8)14)12(13(18)19)15-11(17)7-16(2)22(3,20)21/h4-6,12H,7H2,1-3H3,(H,15,17)(H,18,19). The Hall–Kier alpha value is -2.00. The molecule has 0 aliphatic heterocycles. The first-order valence-electron chi connectivity index (χ1n) is 6.22. The van der Waals surface area contributed by atoms with Crippen molar-refractivity contribution in [3.63, 3.8) is 0 Å². The number of carbonyl (C=O) groups excluding carboxylic acids is 1. The third-order valence-corrected chi connectivity index (χ3v) is 4.26. The van der Waals surface area contributed by atoms with Gasteiger partial charge >= 0.3 is 5.97 Å². The molecule has 0 fully saturated rings. The van der Waals surface area contributed by atoms with Gasteiger partial charge in [0.2, 0.25) is 15.9 Å². The monoisotopic (exact) mass is 332 g/mol. The molecule has 1 amide bonds. The normalized spacial score (nSPS) is 13.0. The van der Waals surface area contributed by atoms with E-state index in [4.69, 9.17) is 0 Å². The summed E-state index contributed by atoms with van der Waals surface area (Å²) in [5, 5.41) is 11.4. The van der Waals surface area contributed by atoms with E-state index in [1.54, 1.807) is 0 Å². The Kier molecular flexibility index (Phi) is 5.61. The third-order valence-electron chi connectivity index (χ3n) is 3.00. The fraction of sp³-hybridized carbons (Fsp3) is 0.385. The van der Waals surface area contributed by atoms with Crippen molar-refractivity contribution in [1.29, 1.82) is 0 Å². The van der Waals surface area contributed by atoms with E-state index in [2.05, 4.69) is 5.32 Å². The molecule has 1 unspecified atom stereocenters. The van der Waals surface area contributed by atoms with Crippen LogP contribution in [0.15, 0.2) is 18.2 Å². The zero-order valence-corrected chi connectivity index (χ0v) is 13.1. The van der Waals surface area contributed by atoms with Crippen LogP contribution in [0.5, 0.6) is 0 Å². The maximum atomic E-state index is 13.2. The predicted octanol–water partition coefficient (Wildman–Crippen LogP) is 0.267. The quantitative estimate of drug-likeness (QED) is 0.778. The minimum absolute atomic E-state index is 0.196. The zero-order chi connectivity index (χ0) is 17.1. The molecule has 1 atom stereocenters. The Morgan fingerprint density at radius 3 is 2.45 bits per heavy atom. The van der Waals surface area contributed by atoms with Crippen LogP contribution in [-0.4, -0.2) is 49.6 Å². The summed E-state index contributed by atoms with van der Waals surface area (Å²) in [4.78, 5) is 23.1. The van der Waals surface area contributed by atoms with E-state index in [9.17, 15) is 27.5 Å². The molecule has 1 aromatic rings. The number of aliphatic carboxylic acids is 1. The molecule has 0 aromatic heterocycles. The molecule has 2 N–H and O–H groups in total. The summed E-state index contributed by atoms with van der Waals surface area (Å²) >= 11 is 0. The molecule has 9 heteroatoms. The summed E-state index contributed by atoms with van der Waals surface area (Å²) < 4.78 is 36.5. The van der Waals surface area contributed by atoms with E-state index in [0.717, 1.165) is 16.6 Å². The average molecular weight is 332 g/mol. The smallest absolute Gasteiger partial charge is 0.330 e. The van der Waals surface area contributed by atoms with E-state index >= 15 is 0 Å². The van der Waals surface area contributed by atoms with E-state index < -0.39 is 40.3 Å². The van der Waals surface area contributed by atoms with Gasteiger partial charge in [-0.3, -0.25) is 4.79 Å². The largest absolute Gasteiger partial charge is 0.479 e. The van der Waals surface area contributed by atoms with Gasteiger partial charge in [-0.1, -0.05) is 12.1 Å². The van der Waals surface area contributed by atoms with Crippen LogP contribution < -0.4 is 5.32 Å². The van der Waals surface area contributed by atoms with Gasteiger partial charge in [0.15, 0.2) is 6.04 Å². The Labute approximate surface area is 127 Å². The van der Waals surface area contributed by atoms with Gasteiger partial charge in [0.05, 0.1) is 12.8 Å². The van der Waals surface area contributed by atoms with Crippen molar-refractivity contribution in [2.24, 2.45) is 0 Å². The topological polar surface area (TPSA) is 104 Å². The number of amides is 1. The van der Waals surface area contributed by atoms with Crippen molar-refractivity contribution in [2.75, 3.05) is 19.8 Å². The van der Waals surface area contributed by atoms with E-state index in [0.29, 0.717) is 0 Å². The number of likely N-dealkylation sites (N-methyl/N-ethyl adjacent to an activating group) is 1. The van der Waals surface area contributed by atoms with Crippen molar-refractivity contribution >= 4 is 21.9 Å². The number of nitrogens with one attached hydrogen (secondary N) is 1. The van der Waals surface area contributed by atoms with Gasteiger partial charge in [-0.15, -0.1) is 0 Å².